The Morgan fingerprint density at radius 2 is 1.64 bits per heavy atom. The molecule has 0 spiro atoms. The first-order valence-corrected chi connectivity index (χ1v) is 3.93. The van der Waals surface area contributed by atoms with Crippen LogP contribution in [0.2, 0.25) is 0 Å². The summed E-state index contributed by atoms with van der Waals surface area (Å²) in [5.74, 6) is 0.752. The molecule has 0 aliphatic heterocycles. The number of benzene rings is 1. The fourth-order valence-corrected chi connectivity index (χ4v) is 0.901. The molecule has 14 heavy (non-hydrogen) atoms. The van der Waals surface area contributed by atoms with Crippen LogP contribution in [-0.4, -0.2) is 20.1 Å². The molecule has 1 heterocycles. The van der Waals surface area contributed by atoms with Gasteiger partial charge in [0.05, 0.1) is 0 Å². The first-order valence-electron chi connectivity index (χ1n) is 3.93. The van der Waals surface area contributed by atoms with Gasteiger partial charge in [0.2, 0.25) is 0 Å². The number of phenols is 1. The van der Waals surface area contributed by atoms with Crippen LogP contribution in [0, 0.1) is 0 Å². The Labute approximate surface area is 80.1 Å². The largest absolute Gasteiger partial charge is 0.508 e. The highest BCUT2D eigenvalue weighted by Gasteiger charge is 1.98. The van der Waals surface area contributed by atoms with Gasteiger partial charge in [0.1, 0.15) is 24.2 Å². The fraction of sp³-hybridized carbons (Fsp3) is 0. The van der Waals surface area contributed by atoms with Gasteiger partial charge in [-0.3, -0.25) is 0 Å². The van der Waals surface area contributed by atoms with Crippen molar-refractivity contribution in [1.82, 2.24) is 15.0 Å². The second-order valence-corrected chi connectivity index (χ2v) is 2.52. The van der Waals surface area contributed by atoms with E-state index in [1.54, 1.807) is 12.1 Å². The van der Waals surface area contributed by atoms with E-state index < -0.39 is 0 Å². The van der Waals surface area contributed by atoms with Crippen LogP contribution in [0.1, 0.15) is 0 Å². The van der Waals surface area contributed by atoms with Gasteiger partial charge in [-0.15, -0.1) is 0 Å². The summed E-state index contributed by atoms with van der Waals surface area (Å²) in [6, 6.07) is 6.52. The molecule has 2 rings (SSSR count). The zero-order chi connectivity index (χ0) is 9.80. The third-order valence-corrected chi connectivity index (χ3v) is 1.52. The van der Waals surface area contributed by atoms with E-state index in [4.69, 9.17) is 9.84 Å². The van der Waals surface area contributed by atoms with E-state index in [0.717, 1.165) is 0 Å². The van der Waals surface area contributed by atoms with Gasteiger partial charge in [-0.2, -0.15) is 9.97 Å². The van der Waals surface area contributed by atoms with Crippen LogP contribution in [0.3, 0.4) is 0 Å². The molecular formula is C9H7N3O2. The summed E-state index contributed by atoms with van der Waals surface area (Å²) < 4.78 is 5.26. The minimum atomic E-state index is 0.188. The minimum absolute atomic E-state index is 0.188. The van der Waals surface area contributed by atoms with Gasteiger partial charge >= 0.3 is 6.01 Å². The van der Waals surface area contributed by atoms with Gasteiger partial charge in [-0.25, -0.2) is 4.98 Å². The van der Waals surface area contributed by atoms with Gasteiger partial charge < -0.3 is 9.84 Å². The number of hydrogen-bond acceptors (Lipinski definition) is 5. The second kappa shape index (κ2) is 3.69. The maximum absolute atomic E-state index is 9.03. The molecule has 5 heteroatoms. The Morgan fingerprint density at radius 1 is 1.00 bits per heavy atom. The Balaban J connectivity index is 2.16. The minimum Gasteiger partial charge on any atom is -0.508 e. The van der Waals surface area contributed by atoms with E-state index >= 15 is 0 Å². The second-order valence-electron chi connectivity index (χ2n) is 2.52. The van der Waals surface area contributed by atoms with Crippen LogP contribution >= 0.6 is 0 Å². The lowest BCUT2D eigenvalue weighted by atomic mass is 10.3. The third-order valence-electron chi connectivity index (χ3n) is 1.52. The van der Waals surface area contributed by atoms with Gasteiger partial charge in [0.15, 0.2) is 0 Å². The molecule has 0 bridgehead atoms. The van der Waals surface area contributed by atoms with Crippen LogP contribution in [-0.2, 0) is 0 Å². The van der Waals surface area contributed by atoms with Crippen molar-refractivity contribution in [3.05, 3.63) is 36.9 Å². The maximum Gasteiger partial charge on any atom is 0.324 e. The molecule has 0 aliphatic carbocycles. The van der Waals surface area contributed by atoms with Gasteiger partial charge in [0, 0.05) is 0 Å². The lowest BCUT2D eigenvalue weighted by Crippen LogP contribution is -1.90. The normalized spacial score (nSPS) is 9.71. The molecule has 1 aromatic heterocycles. The molecule has 2 aromatic rings. The molecule has 0 aliphatic rings. The summed E-state index contributed by atoms with van der Waals surface area (Å²) in [6.45, 7) is 0. The lowest BCUT2D eigenvalue weighted by Gasteiger charge is -2.01. The van der Waals surface area contributed by atoms with Crippen LogP contribution in [0.25, 0.3) is 0 Å². The summed E-state index contributed by atoms with van der Waals surface area (Å²) >= 11 is 0. The zero-order valence-corrected chi connectivity index (χ0v) is 7.16. The van der Waals surface area contributed by atoms with Gasteiger partial charge in [-0.05, 0) is 24.3 Å². The van der Waals surface area contributed by atoms with E-state index in [0.29, 0.717) is 5.75 Å². The average molecular weight is 189 g/mol. The smallest absolute Gasteiger partial charge is 0.324 e. The Hall–Kier alpha value is -2.17. The summed E-state index contributed by atoms with van der Waals surface area (Å²) in [4.78, 5) is 11.2. The highest BCUT2D eigenvalue weighted by Crippen LogP contribution is 2.19. The van der Waals surface area contributed by atoms with E-state index in [2.05, 4.69) is 15.0 Å². The average Bonchev–Trinajstić information content (AvgIpc) is 2.23. The fourth-order valence-electron chi connectivity index (χ4n) is 0.901. The van der Waals surface area contributed by atoms with E-state index in [1.165, 1.54) is 24.8 Å². The number of aromatic nitrogens is 3. The number of rotatable bonds is 2. The number of phenolic OH excluding ortho intramolecular Hbond substituents is 1. The van der Waals surface area contributed by atoms with E-state index in [9.17, 15) is 0 Å². The van der Waals surface area contributed by atoms with Crippen molar-refractivity contribution < 1.29 is 9.84 Å². The molecule has 1 aromatic carbocycles. The molecule has 0 amide bonds. The predicted octanol–water partition coefficient (Wildman–Crippen LogP) is 1.37. The van der Waals surface area contributed by atoms with Gasteiger partial charge in [0.25, 0.3) is 0 Å². The van der Waals surface area contributed by atoms with Gasteiger partial charge in [-0.1, -0.05) is 0 Å². The Kier molecular flexibility index (Phi) is 2.22. The van der Waals surface area contributed by atoms with E-state index in [-0.39, 0.29) is 11.8 Å². The third kappa shape index (κ3) is 1.95. The predicted molar refractivity (Wildman–Crippen MR) is 48.0 cm³/mol. The lowest BCUT2D eigenvalue weighted by molar-refractivity contribution is 0.435. The van der Waals surface area contributed by atoms with Crippen molar-refractivity contribution in [3.63, 3.8) is 0 Å². The van der Waals surface area contributed by atoms with E-state index in [1.807, 2.05) is 0 Å². The van der Waals surface area contributed by atoms with Crippen molar-refractivity contribution in [2.75, 3.05) is 0 Å². The first kappa shape index (κ1) is 8.43. The molecule has 5 nitrogen and oxygen atoms in total. The standard InChI is InChI=1S/C9H7N3O2/c13-7-1-3-8(4-2-7)14-9-11-5-10-6-12-9/h1-6,13H. The monoisotopic (exact) mass is 189 g/mol. The molecular weight excluding hydrogens is 182 g/mol. The Morgan fingerprint density at radius 3 is 2.29 bits per heavy atom. The molecule has 0 radical (unpaired) electrons. The highest BCUT2D eigenvalue weighted by atomic mass is 16.5. The molecule has 0 fully saturated rings. The maximum atomic E-state index is 9.03. The zero-order valence-electron chi connectivity index (χ0n) is 7.16. The number of aromatic hydroxyl groups is 1. The number of hydrogen-bond donors (Lipinski definition) is 1. The summed E-state index contributed by atoms with van der Waals surface area (Å²) in [6.07, 6.45) is 2.70. The highest BCUT2D eigenvalue weighted by molar-refractivity contribution is 5.31. The Bertz CT molecular complexity index is 402. The van der Waals surface area contributed by atoms with Crippen LogP contribution in [0.5, 0.6) is 17.5 Å². The molecule has 1 N–H and O–H groups in total. The number of nitrogens with zero attached hydrogens (tertiary/aromatic N) is 3. The van der Waals surface area contributed by atoms with Crippen molar-refractivity contribution in [2.24, 2.45) is 0 Å². The SMILES string of the molecule is Oc1ccc(Oc2ncncn2)cc1. The van der Waals surface area contributed by atoms with Crippen molar-refractivity contribution >= 4 is 0 Å². The first-order chi connectivity index (χ1) is 6.84. The molecule has 70 valence electrons. The molecule has 0 saturated heterocycles. The van der Waals surface area contributed by atoms with Crippen molar-refractivity contribution in [3.8, 4) is 17.5 Å². The van der Waals surface area contributed by atoms with Crippen LogP contribution in [0.15, 0.2) is 36.9 Å². The molecule has 0 atom stereocenters. The summed E-state index contributed by atoms with van der Waals surface area (Å²) in [5, 5.41) is 9.03. The summed E-state index contributed by atoms with van der Waals surface area (Å²) in [7, 11) is 0. The van der Waals surface area contributed by atoms with Crippen LogP contribution in [0.4, 0.5) is 0 Å². The molecule has 0 saturated carbocycles. The van der Waals surface area contributed by atoms with Crippen molar-refractivity contribution in [2.45, 2.75) is 0 Å². The van der Waals surface area contributed by atoms with Crippen LogP contribution < -0.4 is 4.74 Å². The topological polar surface area (TPSA) is 68.1 Å². The number of ether oxygens (including phenoxy) is 1. The molecule has 0 unspecified atom stereocenters. The van der Waals surface area contributed by atoms with Crippen molar-refractivity contribution in [1.29, 1.82) is 0 Å². The summed E-state index contributed by atoms with van der Waals surface area (Å²) in [5.41, 5.74) is 0. The quantitative estimate of drug-likeness (QED) is 0.772.